The maximum atomic E-state index is 13.5. The van der Waals surface area contributed by atoms with E-state index in [9.17, 15) is 14.7 Å². The number of ketones is 1. The summed E-state index contributed by atoms with van der Waals surface area (Å²) in [4.78, 5) is 32.9. The van der Waals surface area contributed by atoms with Crippen molar-refractivity contribution >= 4 is 38.4 Å². The SMILES string of the molecule is CCCOc1ccc(C2C(C(=O)c3ccc(C)o3)=C(O)C(=O)N2c2nc3ccc(OC)cc3s2)cc1. The number of fused-ring (bicyclic) bond motifs is 1. The first kappa shape index (κ1) is 23.6. The fourth-order valence-corrected chi connectivity index (χ4v) is 5.15. The largest absolute Gasteiger partial charge is 0.503 e. The van der Waals surface area contributed by atoms with Crippen LogP contribution in [0.25, 0.3) is 10.2 Å². The van der Waals surface area contributed by atoms with Gasteiger partial charge < -0.3 is 19.0 Å². The molecule has 2 aromatic heterocycles. The number of carbonyl (C=O) groups is 2. The van der Waals surface area contributed by atoms with Gasteiger partial charge in [0.2, 0.25) is 5.78 Å². The second-order valence-electron chi connectivity index (χ2n) is 8.33. The second-order valence-corrected chi connectivity index (χ2v) is 9.34. The lowest BCUT2D eigenvalue weighted by Gasteiger charge is -2.24. The number of anilines is 1. The molecule has 9 heteroatoms. The minimum atomic E-state index is -0.905. The summed E-state index contributed by atoms with van der Waals surface area (Å²) in [6.45, 7) is 4.32. The van der Waals surface area contributed by atoms with E-state index in [0.29, 0.717) is 40.1 Å². The van der Waals surface area contributed by atoms with Gasteiger partial charge in [-0.25, -0.2) is 4.98 Å². The monoisotopic (exact) mass is 504 g/mol. The van der Waals surface area contributed by atoms with Gasteiger partial charge in [0.25, 0.3) is 5.91 Å². The van der Waals surface area contributed by atoms with Crippen LogP contribution in [0, 0.1) is 6.92 Å². The molecule has 1 N–H and O–H groups in total. The van der Waals surface area contributed by atoms with Crippen molar-refractivity contribution in [1.29, 1.82) is 0 Å². The first-order valence-electron chi connectivity index (χ1n) is 11.5. The quantitative estimate of drug-likeness (QED) is 0.304. The van der Waals surface area contributed by atoms with Crippen LogP contribution in [0.1, 0.15) is 41.3 Å². The minimum absolute atomic E-state index is 0.0469. The molecule has 3 heterocycles. The number of aliphatic hydroxyl groups is 1. The molecule has 2 aromatic carbocycles. The Morgan fingerprint density at radius 2 is 1.89 bits per heavy atom. The van der Waals surface area contributed by atoms with E-state index in [1.807, 2.05) is 13.0 Å². The Bertz CT molecular complexity index is 1480. The third-order valence-electron chi connectivity index (χ3n) is 5.88. The predicted octanol–water partition coefficient (Wildman–Crippen LogP) is 5.78. The fraction of sp³-hybridized carbons (Fsp3) is 0.222. The number of hydrogen-bond donors (Lipinski definition) is 1. The standard InChI is InChI=1S/C27H24N2O6S/c1-4-13-34-17-8-6-16(7-9-17)23-22(24(30)20-12-5-15(2)35-20)25(31)26(32)29(23)27-28-19-11-10-18(33-3)14-21(19)36-27/h5-12,14,23,31H,4,13H2,1-3H3. The number of aromatic nitrogens is 1. The number of furan rings is 1. The van der Waals surface area contributed by atoms with Crippen LogP contribution in [0.5, 0.6) is 11.5 Å². The lowest BCUT2D eigenvalue weighted by atomic mass is 9.95. The summed E-state index contributed by atoms with van der Waals surface area (Å²) in [6.07, 6.45) is 0.868. The highest BCUT2D eigenvalue weighted by Gasteiger charge is 2.46. The van der Waals surface area contributed by atoms with E-state index in [2.05, 4.69) is 4.98 Å². The van der Waals surface area contributed by atoms with Crippen molar-refractivity contribution in [2.75, 3.05) is 18.6 Å². The van der Waals surface area contributed by atoms with Crippen LogP contribution in [0.3, 0.4) is 0 Å². The fourth-order valence-electron chi connectivity index (χ4n) is 4.13. The number of methoxy groups -OCH3 is 1. The summed E-state index contributed by atoms with van der Waals surface area (Å²) >= 11 is 1.27. The smallest absolute Gasteiger partial charge is 0.296 e. The van der Waals surface area contributed by atoms with Gasteiger partial charge in [0, 0.05) is 0 Å². The summed E-state index contributed by atoms with van der Waals surface area (Å²) in [7, 11) is 1.58. The normalized spacial score (nSPS) is 15.7. The molecule has 0 fully saturated rings. The number of nitrogens with zero attached hydrogens (tertiary/aromatic N) is 2. The molecular formula is C27H24N2O6S. The van der Waals surface area contributed by atoms with Crippen LogP contribution in [-0.4, -0.2) is 35.5 Å². The third kappa shape index (κ3) is 4.11. The molecule has 1 unspecified atom stereocenters. The average Bonchev–Trinajstić information content (AvgIpc) is 3.58. The van der Waals surface area contributed by atoms with Crippen LogP contribution in [-0.2, 0) is 4.79 Å². The van der Waals surface area contributed by atoms with Crippen molar-refractivity contribution in [2.45, 2.75) is 26.3 Å². The number of aryl methyl sites for hydroxylation is 1. The lowest BCUT2D eigenvalue weighted by Crippen LogP contribution is -2.30. The molecule has 36 heavy (non-hydrogen) atoms. The molecule has 0 spiro atoms. The molecule has 1 amide bonds. The van der Waals surface area contributed by atoms with E-state index in [4.69, 9.17) is 13.9 Å². The number of ether oxygens (including phenoxy) is 2. The van der Waals surface area contributed by atoms with Crippen molar-refractivity contribution in [1.82, 2.24) is 4.98 Å². The Balaban J connectivity index is 1.62. The zero-order valence-electron chi connectivity index (χ0n) is 20.0. The molecule has 8 nitrogen and oxygen atoms in total. The zero-order valence-corrected chi connectivity index (χ0v) is 20.8. The molecule has 5 rings (SSSR count). The summed E-state index contributed by atoms with van der Waals surface area (Å²) in [6, 6.07) is 14.8. The Kier molecular flexibility index (Phi) is 6.24. The average molecular weight is 505 g/mol. The number of amides is 1. The van der Waals surface area contributed by atoms with Crippen molar-refractivity contribution in [3.8, 4) is 11.5 Å². The van der Waals surface area contributed by atoms with Gasteiger partial charge in [-0.1, -0.05) is 30.4 Å². The summed E-state index contributed by atoms with van der Waals surface area (Å²) in [5.41, 5.74) is 1.24. The summed E-state index contributed by atoms with van der Waals surface area (Å²) < 4.78 is 17.3. The molecule has 0 saturated heterocycles. The number of thiazole rings is 1. The molecule has 0 radical (unpaired) electrons. The van der Waals surface area contributed by atoms with Crippen LogP contribution in [0.15, 0.2) is 70.3 Å². The van der Waals surface area contributed by atoms with Gasteiger partial charge in [-0.3, -0.25) is 14.5 Å². The van der Waals surface area contributed by atoms with Gasteiger partial charge in [0.15, 0.2) is 16.7 Å². The molecule has 184 valence electrons. The maximum Gasteiger partial charge on any atom is 0.296 e. The highest BCUT2D eigenvalue weighted by molar-refractivity contribution is 7.22. The second kappa shape index (κ2) is 9.50. The Morgan fingerprint density at radius 3 is 2.56 bits per heavy atom. The topological polar surface area (TPSA) is 102 Å². The van der Waals surface area contributed by atoms with E-state index in [0.717, 1.165) is 11.1 Å². The third-order valence-corrected chi connectivity index (χ3v) is 6.89. The number of hydrogen-bond acceptors (Lipinski definition) is 8. The first-order valence-corrected chi connectivity index (χ1v) is 12.3. The minimum Gasteiger partial charge on any atom is -0.503 e. The highest BCUT2D eigenvalue weighted by atomic mass is 32.1. The Hall–Kier alpha value is -4.11. The molecule has 4 aromatic rings. The van der Waals surface area contributed by atoms with E-state index >= 15 is 0 Å². The molecule has 0 saturated carbocycles. The van der Waals surface area contributed by atoms with Crippen molar-refractivity contribution in [3.05, 3.63) is 83.0 Å². The van der Waals surface area contributed by atoms with Crippen molar-refractivity contribution < 1.29 is 28.6 Å². The van der Waals surface area contributed by atoms with Crippen LogP contribution in [0.4, 0.5) is 5.13 Å². The van der Waals surface area contributed by atoms with Gasteiger partial charge in [-0.2, -0.15) is 0 Å². The molecule has 1 aliphatic heterocycles. The van der Waals surface area contributed by atoms with Crippen molar-refractivity contribution in [2.24, 2.45) is 0 Å². The van der Waals surface area contributed by atoms with Crippen LogP contribution >= 0.6 is 11.3 Å². The van der Waals surface area contributed by atoms with E-state index in [-0.39, 0.29) is 11.3 Å². The van der Waals surface area contributed by atoms with Gasteiger partial charge in [-0.15, -0.1) is 0 Å². The molecule has 1 atom stereocenters. The van der Waals surface area contributed by atoms with Gasteiger partial charge in [-0.05, 0) is 61.4 Å². The van der Waals surface area contributed by atoms with Crippen LogP contribution < -0.4 is 14.4 Å². The van der Waals surface area contributed by atoms with E-state index in [1.165, 1.54) is 22.3 Å². The van der Waals surface area contributed by atoms with Crippen molar-refractivity contribution in [3.63, 3.8) is 0 Å². The number of aliphatic hydroxyl groups excluding tert-OH is 1. The first-order chi connectivity index (χ1) is 17.4. The Labute approximate surface area is 211 Å². The van der Waals surface area contributed by atoms with E-state index < -0.39 is 23.5 Å². The van der Waals surface area contributed by atoms with Gasteiger partial charge >= 0.3 is 0 Å². The van der Waals surface area contributed by atoms with Crippen LogP contribution in [0.2, 0.25) is 0 Å². The summed E-state index contributed by atoms with van der Waals surface area (Å²) in [5, 5.41) is 11.3. The zero-order chi connectivity index (χ0) is 25.4. The van der Waals surface area contributed by atoms with E-state index in [1.54, 1.807) is 56.5 Å². The Morgan fingerprint density at radius 1 is 1.14 bits per heavy atom. The summed E-state index contributed by atoms with van der Waals surface area (Å²) in [5.74, 6) is 0.0436. The van der Waals surface area contributed by atoms with Gasteiger partial charge in [0.05, 0.1) is 35.5 Å². The lowest BCUT2D eigenvalue weighted by molar-refractivity contribution is -0.117. The number of carbonyl (C=O) groups excluding carboxylic acids is 2. The molecule has 1 aliphatic rings. The highest BCUT2D eigenvalue weighted by Crippen LogP contribution is 2.44. The number of benzene rings is 2. The molecular weight excluding hydrogens is 480 g/mol. The maximum absolute atomic E-state index is 13.5. The predicted molar refractivity (Wildman–Crippen MR) is 136 cm³/mol. The van der Waals surface area contributed by atoms with Gasteiger partial charge in [0.1, 0.15) is 17.3 Å². The number of Topliss-reactive ketones (excluding diaryl/α,β-unsaturated/α-hetero) is 1. The number of rotatable bonds is 8. The molecule has 0 bridgehead atoms. The molecule has 0 aliphatic carbocycles.